The zero-order valence-electron chi connectivity index (χ0n) is 11.6. The van der Waals surface area contributed by atoms with Crippen LogP contribution in [0.4, 0.5) is 0 Å². The molecule has 21 heavy (non-hydrogen) atoms. The van der Waals surface area contributed by atoms with Crippen LogP contribution in [0.1, 0.15) is 11.1 Å². The Labute approximate surface area is 130 Å². The number of hydrogen-bond acceptors (Lipinski definition) is 2. The quantitative estimate of drug-likeness (QED) is 0.682. The van der Waals surface area contributed by atoms with Crippen LogP contribution in [0.15, 0.2) is 45.9 Å². The van der Waals surface area contributed by atoms with E-state index in [-0.39, 0.29) is 5.56 Å². The summed E-state index contributed by atoms with van der Waals surface area (Å²) in [6, 6.07) is 9.42. The average molecular weight is 342 g/mol. The molecule has 0 atom stereocenters. The van der Waals surface area contributed by atoms with Crippen LogP contribution in [-0.2, 0) is 7.05 Å². The monoisotopic (exact) mass is 341 g/mol. The molecule has 1 aromatic carbocycles. The van der Waals surface area contributed by atoms with Crippen LogP contribution in [0.3, 0.4) is 0 Å². The molecule has 0 unspecified atom stereocenters. The van der Waals surface area contributed by atoms with Crippen molar-refractivity contribution in [1.82, 2.24) is 9.13 Å². The smallest absolute Gasteiger partial charge is 0.250 e. The van der Waals surface area contributed by atoms with Crippen molar-refractivity contribution in [1.29, 1.82) is 5.26 Å². The highest BCUT2D eigenvalue weighted by Crippen LogP contribution is 2.30. The van der Waals surface area contributed by atoms with Gasteiger partial charge in [0.2, 0.25) is 5.56 Å². The van der Waals surface area contributed by atoms with E-state index >= 15 is 0 Å². The van der Waals surface area contributed by atoms with Gasteiger partial charge < -0.3 is 9.13 Å². The summed E-state index contributed by atoms with van der Waals surface area (Å²) in [6.07, 6.45) is 3.74. The largest absolute Gasteiger partial charge is 0.316 e. The predicted octanol–water partition coefficient (Wildman–Crippen LogP) is 3.27. The minimum absolute atomic E-state index is 0.0442. The maximum absolute atomic E-state index is 11.5. The third kappa shape index (κ3) is 2.18. The Morgan fingerprint density at radius 3 is 2.67 bits per heavy atom. The van der Waals surface area contributed by atoms with Crippen molar-refractivity contribution in [2.45, 2.75) is 6.92 Å². The fourth-order valence-corrected chi connectivity index (χ4v) is 2.91. The van der Waals surface area contributed by atoms with Crippen LogP contribution in [0.5, 0.6) is 0 Å². The van der Waals surface area contributed by atoms with E-state index in [4.69, 9.17) is 5.26 Å². The van der Waals surface area contributed by atoms with Gasteiger partial charge in [0.25, 0.3) is 0 Å². The highest BCUT2D eigenvalue weighted by molar-refractivity contribution is 9.10. The van der Waals surface area contributed by atoms with Crippen molar-refractivity contribution in [2.24, 2.45) is 7.05 Å². The molecule has 0 saturated heterocycles. The fourth-order valence-electron chi connectivity index (χ4n) is 2.39. The molecule has 0 aliphatic heterocycles. The summed E-state index contributed by atoms with van der Waals surface area (Å²) in [5, 5.41) is 10.1. The van der Waals surface area contributed by atoms with Gasteiger partial charge in [-0.2, -0.15) is 5.26 Å². The lowest BCUT2D eigenvalue weighted by Gasteiger charge is -2.08. The highest BCUT2D eigenvalue weighted by atomic mass is 79.9. The molecular formula is C16H12BrN3O. The van der Waals surface area contributed by atoms with E-state index in [0.29, 0.717) is 5.56 Å². The minimum Gasteiger partial charge on any atom is -0.316 e. The SMILES string of the molecule is Cc1cc2c(cc1C#N)c(Br)cn2-c1ccc(=O)n(C)c1. The molecule has 0 saturated carbocycles. The molecule has 104 valence electrons. The summed E-state index contributed by atoms with van der Waals surface area (Å²) in [4.78, 5) is 11.5. The van der Waals surface area contributed by atoms with Crippen molar-refractivity contribution in [3.63, 3.8) is 0 Å². The van der Waals surface area contributed by atoms with E-state index in [9.17, 15) is 4.79 Å². The predicted molar refractivity (Wildman–Crippen MR) is 85.7 cm³/mol. The molecule has 0 fully saturated rings. The number of nitrogens with zero attached hydrogens (tertiary/aromatic N) is 3. The topological polar surface area (TPSA) is 50.7 Å². The Morgan fingerprint density at radius 2 is 2.00 bits per heavy atom. The van der Waals surface area contributed by atoms with Crippen LogP contribution in [-0.4, -0.2) is 9.13 Å². The van der Waals surface area contributed by atoms with Gasteiger partial charge in [0.15, 0.2) is 0 Å². The molecule has 3 rings (SSSR count). The van der Waals surface area contributed by atoms with E-state index in [1.807, 2.05) is 29.8 Å². The third-order valence-electron chi connectivity index (χ3n) is 3.57. The minimum atomic E-state index is -0.0442. The summed E-state index contributed by atoms with van der Waals surface area (Å²) in [7, 11) is 1.73. The zero-order chi connectivity index (χ0) is 15.1. The van der Waals surface area contributed by atoms with E-state index < -0.39 is 0 Å². The summed E-state index contributed by atoms with van der Waals surface area (Å²) >= 11 is 3.54. The second kappa shape index (κ2) is 4.90. The second-order valence-electron chi connectivity index (χ2n) is 4.98. The molecular weight excluding hydrogens is 330 g/mol. The third-order valence-corrected chi connectivity index (χ3v) is 4.20. The maximum Gasteiger partial charge on any atom is 0.250 e. The maximum atomic E-state index is 11.5. The second-order valence-corrected chi connectivity index (χ2v) is 5.83. The Balaban J connectivity index is 2.33. The molecule has 0 spiro atoms. The fraction of sp³-hybridized carbons (Fsp3) is 0.125. The first-order valence-electron chi connectivity index (χ1n) is 6.39. The summed E-state index contributed by atoms with van der Waals surface area (Å²) < 4.78 is 4.47. The van der Waals surface area contributed by atoms with E-state index in [1.165, 1.54) is 0 Å². The molecule has 5 heteroatoms. The summed E-state index contributed by atoms with van der Waals surface area (Å²) in [6.45, 7) is 1.92. The first-order chi connectivity index (χ1) is 10.0. The van der Waals surface area contributed by atoms with Crippen LogP contribution in [0.2, 0.25) is 0 Å². The van der Waals surface area contributed by atoms with Gasteiger partial charge in [-0.25, -0.2) is 0 Å². The van der Waals surface area contributed by atoms with Gasteiger partial charge in [-0.15, -0.1) is 0 Å². The van der Waals surface area contributed by atoms with Gasteiger partial charge in [-0.05, 0) is 46.6 Å². The van der Waals surface area contributed by atoms with Crippen LogP contribution < -0.4 is 5.56 Å². The number of nitriles is 1. The molecule has 2 aromatic heterocycles. The zero-order valence-corrected chi connectivity index (χ0v) is 13.2. The number of rotatable bonds is 1. The Kier molecular flexibility index (Phi) is 3.19. The first kappa shape index (κ1) is 13.7. The van der Waals surface area contributed by atoms with E-state index in [2.05, 4.69) is 22.0 Å². The number of aryl methyl sites for hydroxylation is 2. The average Bonchev–Trinajstić information content (AvgIpc) is 2.77. The number of pyridine rings is 1. The number of benzene rings is 1. The van der Waals surface area contributed by atoms with Crippen molar-refractivity contribution in [3.05, 3.63) is 62.6 Å². The Morgan fingerprint density at radius 1 is 1.24 bits per heavy atom. The van der Waals surface area contributed by atoms with Crippen LogP contribution in [0, 0.1) is 18.3 Å². The van der Waals surface area contributed by atoms with E-state index in [0.717, 1.165) is 26.6 Å². The Bertz CT molecular complexity index is 960. The molecule has 0 amide bonds. The van der Waals surface area contributed by atoms with Crippen molar-refractivity contribution in [2.75, 3.05) is 0 Å². The number of aromatic nitrogens is 2. The van der Waals surface area contributed by atoms with Crippen molar-refractivity contribution in [3.8, 4) is 11.8 Å². The van der Waals surface area contributed by atoms with Gasteiger partial charge in [-0.1, -0.05) is 0 Å². The molecule has 0 radical (unpaired) electrons. The molecule has 0 bridgehead atoms. The lowest BCUT2D eigenvalue weighted by Crippen LogP contribution is -2.15. The highest BCUT2D eigenvalue weighted by Gasteiger charge is 2.11. The lowest BCUT2D eigenvalue weighted by molar-refractivity contribution is 0.847. The van der Waals surface area contributed by atoms with Crippen molar-refractivity contribution >= 4 is 26.8 Å². The van der Waals surface area contributed by atoms with Gasteiger partial charge in [0.1, 0.15) is 0 Å². The standard InChI is InChI=1S/C16H12BrN3O/c1-10-5-15-13(6-11(10)7-18)14(17)9-20(15)12-3-4-16(21)19(2)8-12/h3-6,8-9H,1-2H3. The van der Waals surface area contributed by atoms with Crippen LogP contribution >= 0.6 is 15.9 Å². The summed E-state index contributed by atoms with van der Waals surface area (Å²) in [5.41, 5.74) is 3.45. The van der Waals surface area contributed by atoms with Gasteiger partial charge >= 0.3 is 0 Å². The van der Waals surface area contributed by atoms with Gasteiger partial charge in [0.05, 0.1) is 22.8 Å². The normalized spacial score (nSPS) is 10.8. The number of fused-ring (bicyclic) bond motifs is 1. The van der Waals surface area contributed by atoms with Gasteiger partial charge in [-0.3, -0.25) is 4.79 Å². The first-order valence-corrected chi connectivity index (χ1v) is 7.19. The Hall–Kier alpha value is -2.32. The lowest BCUT2D eigenvalue weighted by atomic mass is 10.1. The molecule has 2 heterocycles. The molecule has 3 aromatic rings. The van der Waals surface area contributed by atoms with Crippen LogP contribution in [0.25, 0.3) is 16.6 Å². The van der Waals surface area contributed by atoms with Crippen molar-refractivity contribution < 1.29 is 0 Å². The van der Waals surface area contributed by atoms with E-state index in [1.54, 1.807) is 29.9 Å². The van der Waals surface area contributed by atoms with Gasteiger partial charge in [0, 0.05) is 35.4 Å². The molecule has 0 aliphatic rings. The molecule has 0 aliphatic carbocycles. The number of hydrogen-bond donors (Lipinski definition) is 0. The number of halogens is 1. The summed E-state index contributed by atoms with van der Waals surface area (Å²) in [5.74, 6) is 0. The molecule has 0 N–H and O–H groups in total. The molecule has 4 nitrogen and oxygen atoms in total.